The number of fused-ring (bicyclic) bond motifs is 1. The summed E-state index contributed by atoms with van der Waals surface area (Å²) in [7, 11) is 0. The van der Waals surface area contributed by atoms with Gasteiger partial charge in [0.2, 0.25) is 0 Å². The van der Waals surface area contributed by atoms with Gasteiger partial charge < -0.3 is 21.1 Å². The zero-order valence-corrected chi connectivity index (χ0v) is 19.3. The minimum absolute atomic E-state index is 0.125. The molecule has 0 radical (unpaired) electrons. The maximum absolute atomic E-state index is 6.14. The van der Waals surface area contributed by atoms with E-state index >= 15 is 0 Å². The number of rotatable bonds is 8. The zero-order valence-electron chi connectivity index (χ0n) is 17.8. The van der Waals surface area contributed by atoms with Crippen molar-refractivity contribution >= 4 is 34.7 Å². The Morgan fingerprint density at radius 3 is 2.50 bits per heavy atom. The van der Waals surface area contributed by atoms with E-state index in [4.69, 9.17) is 33.7 Å². The van der Waals surface area contributed by atoms with E-state index in [0.29, 0.717) is 29.0 Å². The Morgan fingerprint density at radius 2 is 1.72 bits per heavy atom. The number of hydrogen-bond acceptors (Lipinski definition) is 5. The Morgan fingerprint density at radius 1 is 0.969 bits per heavy atom. The maximum Gasteiger partial charge on any atom is 0.153 e. The number of ether oxygens (including phenoxy) is 1. The van der Waals surface area contributed by atoms with Crippen LogP contribution >= 0.6 is 23.2 Å². The molecule has 1 aliphatic heterocycles. The highest BCUT2D eigenvalue weighted by molar-refractivity contribution is 6.42. The van der Waals surface area contributed by atoms with Crippen LogP contribution in [0.2, 0.25) is 10.0 Å². The lowest BCUT2D eigenvalue weighted by Gasteiger charge is -2.23. The van der Waals surface area contributed by atoms with Crippen molar-refractivity contribution in [3.8, 4) is 5.75 Å². The molecule has 0 saturated heterocycles. The third-order valence-electron chi connectivity index (χ3n) is 5.41. The van der Waals surface area contributed by atoms with Gasteiger partial charge in [-0.2, -0.15) is 0 Å². The average Bonchev–Trinajstić information content (AvgIpc) is 2.80. The number of benzene rings is 3. The lowest BCUT2D eigenvalue weighted by molar-refractivity contribution is 0.281. The first-order valence-electron chi connectivity index (χ1n) is 10.6. The highest BCUT2D eigenvalue weighted by Gasteiger charge is 2.18. The topological polar surface area (TPSA) is 71.7 Å². The molecule has 7 heteroatoms. The SMILES string of the molecule is CC1Oc2ccc(CNC(CNCc3ccc(Cl)c(Cl)c3)c3ccccc3)cc2N=C1N. The second-order valence-electron chi connectivity index (χ2n) is 7.82. The van der Waals surface area contributed by atoms with Gasteiger partial charge >= 0.3 is 0 Å². The molecular formula is C25H26Cl2N4O. The summed E-state index contributed by atoms with van der Waals surface area (Å²) in [5.41, 5.74) is 10.1. The second kappa shape index (κ2) is 10.4. The number of nitrogens with zero attached hydrogens (tertiary/aromatic N) is 1. The molecule has 1 heterocycles. The van der Waals surface area contributed by atoms with Crippen LogP contribution in [0.5, 0.6) is 5.75 Å². The summed E-state index contributed by atoms with van der Waals surface area (Å²) in [4.78, 5) is 4.48. The summed E-state index contributed by atoms with van der Waals surface area (Å²) >= 11 is 12.2. The van der Waals surface area contributed by atoms with Gasteiger partial charge in [-0.15, -0.1) is 0 Å². The Kier molecular flexibility index (Phi) is 7.33. The molecule has 0 fully saturated rings. The number of aliphatic imine (C=N–C) groups is 1. The lowest BCUT2D eigenvalue weighted by atomic mass is 10.1. The van der Waals surface area contributed by atoms with Crippen molar-refractivity contribution in [2.75, 3.05) is 6.54 Å². The first-order chi connectivity index (χ1) is 15.5. The van der Waals surface area contributed by atoms with Gasteiger partial charge in [0, 0.05) is 25.7 Å². The highest BCUT2D eigenvalue weighted by atomic mass is 35.5. The molecule has 2 unspecified atom stereocenters. The molecule has 4 rings (SSSR count). The Hall–Kier alpha value is -2.57. The van der Waals surface area contributed by atoms with Crippen LogP contribution in [0.15, 0.2) is 71.7 Å². The van der Waals surface area contributed by atoms with E-state index in [-0.39, 0.29) is 12.1 Å². The standard InChI is InChI=1S/C25H26Cl2N4O/c1-16-25(28)31-22-12-18(8-10-24(22)32-16)14-30-23(19-5-3-2-4-6-19)15-29-13-17-7-9-20(26)21(27)11-17/h2-12,16,23,29-30H,13-15H2,1H3,(H2,28,31). The fourth-order valence-corrected chi connectivity index (χ4v) is 3.91. The molecule has 0 bridgehead atoms. The van der Waals surface area contributed by atoms with Crippen molar-refractivity contribution in [2.24, 2.45) is 10.7 Å². The van der Waals surface area contributed by atoms with Crippen molar-refractivity contribution in [3.05, 3.63) is 93.5 Å². The summed E-state index contributed by atoms with van der Waals surface area (Å²) in [6.45, 7) is 4.03. The van der Waals surface area contributed by atoms with Gasteiger partial charge in [0.15, 0.2) is 6.10 Å². The lowest BCUT2D eigenvalue weighted by Crippen LogP contribution is -2.33. The third-order valence-corrected chi connectivity index (χ3v) is 6.15. The molecule has 0 spiro atoms. The van der Waals surface area contributed by atoms with Gasteiger partial charge in [0.1, 0.15) is 17.3 Å². The highest BCUT2D eigenvalue weighted by Crippen LogP contribution is 2.33. The van der Waals surface area contributed by atoms with E-state index in [1.165, 1.54) is 5.56 Å². The molecule has 0 amide bonds. The fourth-order valence-electron chi connectivity index (χ4n) is 3.59. The molecule has 0 saturated carbocycles. The monoisotopic (exact) mass is 468 g/mol. The van der Waals surface area contributed by atoms with Gasteiger partial charge in [0.05, 0.1) is 10.0 Å². The molecule has 32 heavy (non-hydrogen) atoms. The predicted molar refractivity (Wildman–Crippen MR) is 132 cm³/mol. The summed E-state index contributed by atoms with van der Waals surface area (Å²) in [6, 6.07) is 22.2. The van der Waals surface area contributed by atoms with Gasteiger partial charge in [0.25, 0.3) is 0 Å². The molecule has 3 aromatic carbocycles. The van der Waals surface area contributed by atoms with Crippen LogP contribution in [0.25, 0.3) is 0 Å². The smallest absolute Gasteiger partial charge is 0.153 e. The second-order valence-corrected chi connectivity index (χ2v) is 8.64. The third kappa shape index (κ3) is 5.61. The van der Waals surface area contributed by atoms with Gasteiger partial charge in [-0.25, -0.2) is 4.99 Å². The van der Waals surface area contributed by atoms with E-state index in [1.54, 1.807) is 0 Å². The number of hydrogen-bond donors (Lipinski definition) is 3. The van der Waals surface area contributed by atoms with Crippen molar-refractivity contribution < 1.29 is 4.74 Å². The van der Waals surface area contributed by atoms with Crippen molar-refractivity contribution in [2.45, 2.75) is 32.2 Å². The molecule has 0 aromatic heterocycles. The first-order valence-corrected chi connectivity index (χ1v) is 11.3. The van der Waals surface area contributed by atoms with Crippen LogP contribution in [-0.2, 0) is 13.1 Å². The summed E-state index contributed by atoms with van der Waals surface area (Å²) in [5, 5.41) is 8.31. The Balaban J connectivity index is 1.42. The first kappa shape index (κ1) is 22.6. The van der Waals surface area contributed by atoms with E-state index in [0.717, 1.165) is 29.1 Å². The average molecular weight is 469 g/mol. The predicted octanol–water partition coefficient (Wildman–Crippen LogP) is 5.38. The quantitative estimate of drug-likeness (QED) is 0.414. The molecule has 0 aliphatic carbocycles. The number of nitrogens with two attached hydrogens (primary N) is 1. The number of amidine groups is 1. The van der Waals surface area contributed by atoms with Crippen LogP contribution < -0.4 is 21.1 Å². The Labute approximate surface area is 198 Å². The van der Waals surface area contributed by atoms with Gasteiger partial charge in [-0.05, 0) is 47.9 Å². The molecule has 3 aromatic rings. The van der Waals surface area contributed by atoms with E-state index in [2.05, 4.69) is 46.0 Å². The number of halogens is 2. The normalized spacial score (nSPS) is 16.1. The summed E-state index contributed by atoms with van der Waals surface area (Å²) in [6.07, 6.45) is -0.199. The maximum atomic E-state index is 6.14. The molecule has 1 aliphatic rings. The van der Waals surface area contributed by atoms with Crippen molar-refractivity contribution in [1.82, 2.24) is 10.6 Å². The zero-order chi connectivity index (χ0) is 22.5. The van der Waals surface area contributed by atoms with E-state index in [1.807, 2.05) is 43.3 Å². The minimum atomic E-state index is -0.199. The van der Waals surface area contributed by atoms with E-state index < -0.39 is 0 Å². The largest absolute Gasteiger partial charge is 0.481 e. The Bertz CT molecular complexity index is 1100. The van der Waals surface area contributed by atoms with Gasteiger partial charge in [-0.1, -0.05) is 65.7 Å². The van der Waals surface area contributed by atoms with Crippen LogP contribution in [-0.4, -0.2) is 18.5 Å². The molecular weight excluding hydrogens is 443 g/mol. The van der Waals surface area contributed by atoms with Crippen LogP contribution in [0.1, 0.15) is 29.7 Å². The van der Waals surface area contributed by atoms with Gasteiger partial charge in [-0.3, -0.25) is 0 Å². The van der Waals surface area contributed by atoms with E-state index in [9.17, 15) is 0 Å². The van der Waals surface area contributed by atoms with Crippen LogP contribution in [0, 0.1) is 0 Å². The number of nitrogens with one attached hydrogen (secondary N) is 2. The molecule has 166 valence electrons. The van der Waals surface area contributed by atoms with Crippen molar-refractivity contribution in [1.29, 1.82) is 0 Å². The summed E-state index contributed by atoms with van der Waals surface area (Å²) in [5.74, 6) is 1.26. The summed E-state index contributed by atoms with van der Waals surface area (Å²) < 4.78 is 5.80. The molecule has 4 N–H and O–H groups in total. The molecule has 2 atom stereocenters. The fraction of sp³-hybridized carbons (Fsp3) is 0.240. The molecule has 5 nitrogen and oxygen atoms in total. The van der Waals surface area contributed by atoms with Crippen molar-refractivity contribution in [3.63, 3.8) is 0 Å². The minimum Gasteiger partial charge on any atom is -0.481 e. The van der Waals surface area contributed by atoms with Crippen LogP contribution in [0.3, 0.4) is 0 Å². The van der Waals surface area contributed by atoms with Crippen LogP contribution in [0.4, 0.5) is 5.69 Å².